The predicted octanol–water partition coefficient (Wildman–Crippen LogP) is 1.58. The van der Waals surface area contributed by atoms with Crippen molar-refractivity contribution < 1.29 is 19.0 Å². The Morgan fingerprint density at radius 2 is 2.17 bits per heavy atom. The van der Waals surface area contributed by atoms with Gasteiger partial charge in [0.05, 0.1) is 24.2 Å². The number of hydrogen-bond donors (Lipinski definition) is 0. The van der Waals surface area contributed by atoms with Crippen molar-refractivity contribution in [1.82, 2.24) is 0 Å². The molecule has 5 unspecified atom stereocenters. The summed E-state index contributed by atoms with van der Waals surface area (Å²) in [6.45, 7) is 0.455. The summed E-state index contributed by atoms with van der Waals surface area (Å²) in [4.78, 5) is 12.0. The first-order valence-electron chi connectivity index (χ1n) is 6.97. The van der Waals surface area contributed by atoms with Crippen LogP contribution in [0, 0.1) is 5.92 Å². The molecule has 3 fully saturated rings. The van der Waals surface area contributed by atoms with Gasteiger partial charge in [-0.05, 0) is 37.7 Å². The first-order valence-corrected chi connectivity index (χ1v) is 6.97. The van der Waals surface area contributed by atoms with Crippen molar-refractivity contribution in [3.63, 3.8) is 0 Å². The molecule has 2 aliphatic heterocycles. The number of carbonyl (C=O) groups excluding carboxylic acids is 1. The summed E-state index contributed by atoms with van der Waals surface area (Å²) < 4.78 is 16.3. The maximum Gasteiger partial charge on any atom is 0.309 e. The first kappa shape index (κ1) is 11.0. The average molecular weight is 250 g/mol. The van der Waals surface area contributed by atoms with Crippen molar-refractivity contribution in [3.8, 4) is 0 Å². The molecule has 2 heterocycles. The van der Waals surface area contributed by atoms with Crippen LogP contribution in [0.15, 0.2) is 11.6 Å². The van der Waals surface area contributed by atoms with Crippen LogP contribution in [0.5, 0.6) is 0 Å². The summed E-state index contributed by atoms with van der Waals surface area (Å²) in [6, 6.07) is 0. The lowest BCUT2D eigenvalue weighted by Gasteiger charge is -2.18. The highest BCUT2D eigenvalue weighted by Crippen LogP contribution is 2.40. The van der Waals surface area contributed by atoms with Gasteiger partial charge in [-0.3, -0.25) is 4.79 Å². The van der Waals surface area contributed by atoms with Crippen LogP contribution in [0.1, 0.15) is 32.1 Å². The molecule has 0 aromatic rings. The van der Waals surface area contributed by atoms with E-state index in [2.05, 4.69) is 6.08 Å². The van der Waals surface area contributed by atoms with Gasteiger partial charge in [0, 0.05) is 0 Å². The van der Waals surface area contributed by atoms with E-state index < -0.39 is 0 Å². The maximum atomic E-state index is 12.0. The number of fused-ring (bicyclic) bond motifs is 2. The highest BCUT2D eigenvalue weighted by molar-refractivity contribution is 5.73. The van der Waals surface area contributed by atoms with Crippen molar-refractivity contribution in [1.29, 1.82) is 0 Å². The Labute approximate surface area is 106 Å². The fourth-order valence-corrected chi connectivity index (χ4v) is 3.20. The Morgan fingerprint density at radius 3 is 3.00 bits per heavy atom. The molecule has 0 radical (unpaired) electrons. The molecule has 0 bridgehead atoms. The highest BCUT2D eigenvalue weighted by Gasteiger charge is 2.46. The Bertz CT molecular complexity index is 403. The van der Waals surface area contributed by atoms with Gasteiger partial charge in [0.1, 0.15) is 12.7 Å². The van der Waals surface area contributed by atoms with Crippen LogP contribution in [-0.4, -0.2) is 37.0 Å². The zero-order valence-corrected chi connectivity index (χ0v) is 10.3. The normalized spacial score (nSPS) is 44.4. The van der Waals surface area contributed by atoms with E-state index in [1.807, 2.05) is 0 Å². The van der Waals surface area contributed by atoms with Gasteiger partial charge >= 0.3 is 5.97 Å². The van der Waals surface area contributed by atoms with Gasteiger partial charge in [-0.1, -0.05) is 6.08 Å². The largest absolute Gasteiger partial charge is 0.461 e. The van der Waals surface area contributed by atoms with E-state index in [4.69, 9.17) is 14.2 Å². The van der Waals surface area contributed by atoms with Crippen LogP contribution in [0.25, 0.3) is 0 Å². The second-order valence-electron chi connectivity index (χ2n) is 5.83. The van der Waals surface area contributed by atoms with Crippen molar-refractivity contribution in [2.45, 2.75) is 56.5 Å². The minimum atomic E-state index is -0.0383. The molecule has 98 valence electrons. The summed E-state index contributed by atoms with van der Waals surface area (Å²) in [5, 5.41) is 0. The summed E-state index contributed by atoms with van der Waals surface area (Å²) in [6.07, 6.45) is 8.55. The Hall–Kier alpha value is -0.870. The molecule has 0 amide bonds. The van der Waals surface area contributed by atoms with Gasteiger partial charge in [0.15, 0.2) is 0 Å². The average Bonchev–Trinajstić information content (AvgIpc) is 3.26. The molecule has 2 saturated heterocycles. The van der Waals surface area contributed by atoms with E-state index in [0.717, 1.165) is 32.1 Å². The van der Waals surface area contributed by atoms with E-state index in [1.165, 1.54) is 5.57 Å². The standard InChI is InChI=1S/C14H18O4/c15-14(9-2-4-11-13(6-9)18-11)16-7-8-1-3-10-12(5-8)17-10/h5,9-13H,1-4,6-7H2. The van der Waals surface area contributed by atoms with Crippen LogP contribution in [-0.2, 0) is 19.0 Å². The van der Waals surface area contributed by atoms with E-state index in [0.29, 0.717) is 31.0 Å². The molecule has 2 aliphatic carbocycles. The fourth-order valence-electron chi connectivity index (χ4n) is 3.20. The number of carbonyl (C=O) groups is 1. The number of epoxide rings is 2. The lowest BCUT2D eigenvalue weighted by Crippen LogP contribution is -2.24. The van der Waals surface area contributed by atoms with Gasteiger partial charge in [0.2, 0.25) is 0 Å². The number of rotatable bonds is 3. The second-order valence-corrected chi connectivity index (χ2v) is 5.83. The monoisotopic (exact) mass is 250 g/mol. The van der Waals surface area contributed by atoms with Crippen molar-refractivity contribution >= 4 is 5.97 Å². The van der Waals surface area contributed by atoms with Gasteiger partial charge < -0.3 is 14.2 Å². The van der Waals surface area contributed by atoms with Crippen molar-refractivity contribution in [3.05, 3.63) is 11.6 Å². The Morgan fingerprint density at radius 1 is 1.22 bits per heavy atom. The summed E-state index contributed by atoms with van der Waals surface area (Å²) in [7, 11) is 0. The third-order valence-corrected chi connectivity index (χ3v) is 4.51. The number of ether oxygens (including phenoxy) is 3. The highest BCUT2D eigenvalue weighted by atomic mass is 16.6. The molecule has 0 N–H and O–H groups in total. The topological polar surface area (TPSA) is 51.4 Å². The molecule has 4 rings (SSSR count). The maximum absolute atomic E-state index is 12.0. The number of hydrogen-bond acceptors (Lipinski definition) is 4. The van der Waals surface area contributed by atoms with Gasteiger partial charge in [-0.15, -0.1) is 0 Å². The minimum absolute atomic E-state index is 0.0383. The van der Waals surface area contributed by atoms with Crippen LogP contribution < -0.4 is 0 Å². The zero-order valence-electron chi connectivity index (χ0n) is 10.3. The lowest BCUT2D eigenvalue weighted by molar-refractivity contribution is -0.148. The summed E-state index contributed by atoms with van der Waals surface area (Å²) in [5.74, 6) is 0.0200. The second kappa shape index (κ2) is 4.07. The van der Waals surface area contributed by atoms with Gasteiger partial charge in [-0.25, -0.2) is 0 Å². The molecule has 4 heteroatoms. The summed E-state index contributed by atoms with van der Waals surface area (Å²) >= 11 is 0. The van der Waals surface area contributed by atoms with Gasteiger partial charge in [0.25, 0.3) is 0 Å². The van der Waals surface area contributed by atoms with Crippen molar-refractivity contribution in [2.24, 2.45) is 5.92 Å². The minimum Gasteiger partial charge on any atom is -0.461 e. The molecule has 0 spiro atoms. The lowest BCUT2D eigenvalue weighted by atomic mass is 9.89. The quantitative estimate of drug-likeness (QED) is 0.433. The van der Waals surface area contributed by atoms with E-state index >= 15 is 0 Å². The first-order chi connectivity index (χ1) is 8.79. The van der Waals surface area contributed by atoms with Crippen molar-refractivity contribution in [2.75, 3.05) is 6.61 Å². The van der Waals surface area contributed by atoms with Gasteiger partial charge in [-0.2, -0.15) is 0 Å². The van der Waals surface area contributed by atoms with Crippen LogP contribution in [0.4, 0.5) is 0 Å². The van der Waals surface area contributed by atoms with E-state index in [1.54, 1.807) is 0 Å². The third kappa shape index (κ3) is 2.08. The zero-order chi connectivity index (χ0) is 12.1. The molecular weight excluding hydrogens is 232 g/mol. The van der Waals surface area contributed by atoms with E-state index in [9.17, 15) is 4.79 Å². The molecular formula is C14H18O4. The van der Waals surface area contributed by atoms with Crippen LogP contribution in [0.2, 0.25) is 0 Å². The number of esters is 1. The van der Waals surface area contributed by atoms with Crippen LogP contribution in [0.3, 0.4) is 0 Å². The van der Waals surface area contributed by atoms with Crippen LogP contribution >= 0.6 is 0 Å². The molecule has 5 atom stereocenters. The fraction of sp³-hybridized carbons (Fsp3) is 0.786. The molecule has 0 aromatic carbocycles. The summed E-state index contributed by atoms with van der Waals surface area (Å²) in [5.41, 5.74) is 1.22. The molecule has 18 heavy (non-hydrogen) atoms. The Kier molecular flexibility index (Phi) is 2.49. The SMILES string of the molecule is O=C(OCC1=CC2OC2CC1)C1CCC2OC2C1. The molecule has 4 nitrogen and oxygen atoms in total. The predicted molar refractivity (Wildman–Crippen MR) is 62.9 cm³/mol. The third-order valence-electron chi connectivity index (χ3n) is 4.51. The van der Waals surface area contributed by atoms with E-state index in [-0.39, 0.29) is 11.9 Å². The smallest absolute Gasteiger partial charge is 0.309 e. The molecule has 0 aromatic heterocycles. The molecule has 1 saturated carbocycles. The molecule has 4 aliphatic rings. The Balaban J connectivity index is 1.27.